The summed E-state index contributed by atoms with van der Waals surface area (Å²) in [6, 6.07) is 0. The van der Waals surface area contributed by atoms with Gasteiger partial charge < -0.3 is 15.5 Å². The molecule has 0 amide bonds. The van der Waals surface area contributed by atoms with Crippen molar-refractivity contribution < 1.29 is 0 Å². The second-order valence-electron chi connectivity index (χ2n) is 6.10. The van der Waals surface area contributed by atoms with E-state index in [1.54, 1.807) is 0 Å². The topological polar surface area (TPSA) is 50.3 Å². The Hall–Kier alpha value is -1.14. The van der Waals surface area contributed by atoms with Crippen LogP contribution in [0.3, 0.4) is 0 Å². The molecule has 1 saturated carbocycles. The van der Waals surface area contributed by atoms with Crippen molar-refractivity contribution in [3.8, 4) is 0 Å². The SMILES string of the molecule is Cc1nn(C)c(N(C)CC2(N(C)C)CCC2)c1C(N)=S. The Balaban J connectivity index is 2.30. The van der Waals surface area contributed by atoms with E-state index in [1.165, 1.54) is 19.3 Å². The summed E-state index contributed by atoms with van der Waals surface area (Å²) in [5.74, 6) is 1.02. The van der Waals surface area contributed by atoms with Crippen LogP contribution in [0.1, 0.15) is 30.5 Å². The molecule has 1 heterocycles. The lowest BCUT2D eigenvalue weighted by Crippen LogP contribution is -2.57. The zero-order valence-corrected chi connectivity index (χ0v) is 13.9. The lowest BCUT2D eigenvalue weighted by atomic mass is 9.75. The molecule has 0 aromatic carbocycles. The number of anilines is 1. The van der Waals surface area contributed by atoms with Crippen molar-refractivity contribution >= 4 is 23.0 Å². The molecule has 0 saturated heterocycles. The number of thiocarbonyl (C=S) groups is 1. The van der Waals surface area contributed by atoms with Gasteiger partial charge in [-0.05, 0) is 40.3 Å². The zero-order valence-electron chi connectivity index (χ0n) is 13.1. The first-order valence-corrected chi connectivity index (χ1v) is 7.41. The third-order valence-electron chi connectivity index (χ3n) is 4.56. The lowest BCUT2D eigenvalue weighted by molar-refractivity contribution is 0.0680. The summed E-state index contributed by atoms with van der Waals surface area (Å²) in [4.78, 5) is 5.01. The van der Waals surface area contributed by atoms with Gasteiger partial charge in [-0.15, -0.1) is 0 Å². The molecular formula is C14H25N5S. The number of nitrogens with zero attached hydrogens (tertiary/aromatic N) is 4. The number of aromatic nitrogens is 2. The first-order chi connectivity index (χ1) is 9.28. The van der Waals surface area contributed by atoms with Crippen molar-refractivity contribution in [2.24, 2.45) is 12.8 Å². The van der Waals surface area contributed by atoms with Gasteiger partial charge in [-0.2, -0.15) is 5.10 Å². The molecule has 112 valence electrons. The Labute approximate surface area is 126 Å². The number of aryl methyl sites for hydroxylation is 2. The van der Waals surface area contributed by atoms with Crippen molar-refractivity contribution in [1.82, 2.24) is 14.7 Å². The van der Waals surface area contributed by atoms with Crippen LogP contribution < -0.4 is 10.6 Å². The molecule has 5 nitrogen and oxygen atoms in total. The summed E-state index contributed by atoms with van der Waals surface area (Å²) in [7, 11) is 8.37. The third-order valence-corrected chi connectivity index (χ3v) is 4.77. The van der Waals surface area contributed by atoms with Gasteiger partial charge in [-0.1, -0.05) is 12.2 Å². The van der Waals surface area contributed by atoms with Gasteiger partial charge in [0.05, 0.1) is 11.3 Å². The number of hydrogen-bond donors (Lipinski definition) is 1. The second kappa shape index (κ2) is 5.33. The smallest absolute Gasteiger partial charge is 0.136 e. The zero-order chi connectivity index (χ0) is 15.1. The van der Waals surface area contributed by atoms with E-state index in [0.717, 1.165) is 23.6 Å². The highest BCUT2D eigenvalue weighted by atomic mass is 32.1. The molecule has 0 atom stereocenters. The van der Waals surface area contributed by atoms with Gasteiger partial charge >= 0.3 is 0 Å². The first kappa shape index (κ1) is 15.3. The van der Waals surface area contributed by atoms with Crippen molar-refractivity contribution in [3.05, 3.63) is 11.3 Å². The number of hydrogen-bond acceptors (Lipinski definition) is 4. The van der Waals surface area contributed by atoms with Crippen LogP contribution in [-0.4, -0.2) is 52.9 Å². The predicted octanol–water partition coefficient (Wildman–Crippen LogP) is 1.28. The van der Waals surface area contributed by atoms with E-state index in [0.29, 0.717) is 4.99 Å². The number of nitrogens with two attached hydrogens (primary N) is 1. The maximum absolute atomic E-state index is 5.88. The van der Waals surface area contributed by atoms with Crippen molar-refractivity contribution in [2.75, 3.05) is 32.6 Å². The van der Waals surface area contributed by atoms with Crippen molar-refractivity contribution in [1.29, 1.82) is 0 Å². The summed E-state index contributed by atoms with van der Waals surface area (Å²) in [6.07, 6.45) is 3.78. The fraction of sp³-hybridized carbons (Fsp3) is 0.714. The number of likely N-dealkylation sites (N-methyl/N-ethyl adjacent to an activating group) is 2. The van der Waals surface area contributed by atoms with E-state index >= 15 is 0 Å². The van der Waals surface area contributed by atoms with Gasteiger partial charge in [0, 0.05) is 26.2 Å². The third kappa shape index (κ3) is 2.42. The minimum Gasteiger partial charge on any atom is -0.389 e. The average Bonchev–Trinajstić information content (AvgIpc) is 2.57. The Morgan fingerprint density at radius 1 is 1.40 bits per heavy atom. The molecule has 1 aliphatic rings. The average molecular weight is 295 g/mol. The second-order valence-corrected chi connectivity index (χ2v) is 6.54. The van der Waals surface area contributed by atoms with Crippen LogP contribution in [0.15, 0.2) is 0 Å². The largest absolute Gasteiger partial charge is 0.389 e. The van der Waals surface area contributed by atoms with E-state index in [9.17, 15) is 0 Å². The molecule has 20 heavy (non-hydrogen) atoms. The summed E-state index contributed by atoms with van der Waals surface area (Å²) in [5.41, 5.74) is 7.94. The van der Waals surface area contributed by atoms with Gasteiger partial charge in [0.15, 0.2) is 0 Å². The quantitative estimate of drug-likeness (QED) is 0.830. The van der Waals surface area contributed by atoms with Crippen molar-refractivity contribution in [3.63, 3.8) is 0 Å². The molecule has 1 aromatic rings. The maximum atomic E-state index is 5.88. The van der Waals surface area contributed by atoms with Crippen LogP contribution >= 0.6 is 12.2 Å². The highest BCUT2D eigenvalue weighted by Crippen LogP contribution is 2.38. The molecule has 2 N–H and O–H groups in total. The highest BCUT2D eigenvalue weighted by Gasteiger charge is 2.40. The summed E-state index contributed by atoms with van der Waals surface area (Å²) >= 11 is 5.19. The fourth-order valence-electron chi connectivity index (χ4n) is 3.22. The fourth-order valence-corrected chi connectivity index (χ4v) is 3.46. The molecule has 1 aliphatic carbocycles. The minimum absolute atomic E-state index is 0.264. The molecule has 0 unspecified atom stereocenters. The Morgan fingerprint density at radius 3 is 2.40 bits per heavy atom. The van der Waals surface area contributed by atoms with E-state index in [4.69, 9.17) is 18.0 Å². The van der Waals surface area contributed by atoms with Crippen LogP contribution in [0, 0.1) is 6.92 Å². The van der Waals surface area contributed by atoms with E-state index in [-0.39, 0.29) is 5.54 Å². The van der Waals surface area contributed by atoms with Gasteiger partial charge in [0.1, 0.15) is 10.8 Å². The van der Waals surface area contributed by atoms with E-state index in [2.05, 4.69) is 36.0 Å². The molecule has 0 bridgehead atoms. The van der Waals surface area contributed by atoms with Crippen LogP contribution in [0.4, 0.5) is 5.82 Å². The predicted molar refractivity (Wildman–Crippen MR) is 87.4 cm³/mol. The Morgan fingerprint density at radius 2 is 2.00 bits per heavy atom. The summed E-state index contributed by atoms with van der Waals surface area (Å²) in [5, 5.41) is 4.47. The van der Waals surface area contributed by atoms with E-state index < -0.39 is 0 Å². The molecule has 1 aromatic heterocycles. The van der Waals surface area contributed by atoms with Crippen LogP contribution in [-0.2, 0) is 7.05 Å². The minimum atomic E-state index is 0.264. The van der Waals surface area contributed by atoms with E-state index in [1.807, 2.05) is 18.7 Å². The summed E-state index contributed by atoms with van der Waals surface area (Å²) < 4.78 is 1.88. The highest BCUT2D eigenvalue weighted by molar-refractivity contribution is 7.80. The molecule has 1 fully saturated rings. The van der Waals surface area contributed by atoms with Gasteiger partial charge in [-0.3, -0.25) is 4.68 Å². The van der Waals surface area contributed by atoms with Gasteiger partial charge in [-0.25, -0.2) is 0 Å². The maximum Gasteiger partial charge on any atom is 0.136 e. The van der Waals surface area contributed by atoms with Crippen molar-refractivity contribution in [2.45, 2.75) is 31.7 Å². The summed E-state index contributed by atoms with van der Waals surface area (Å²) in [6.45, 7) is 2.92. The number of rotatable bonds is 5. The van der Waals surface area contributed by atoms with Crippen LogP contribution in [0.5, 0.6) is 0 Å². The lowest BCUT2D eigenvalue weighted by Gasteiger charge is -2.49. The Kier molecular flexibility index (Phi) is 4.07. The molecule has 0 aliphatic heterocycles. The normalized spacial score (nSPS) is 17.1. The van der Waals surface area contributed by atoms with Crippen LogP contribution in [0.25, 0.3) is 0 Å². The first-order valence-electron chi connectivity index (χ1n) is 7.00. The standard InChI is InChI=1S/C14H25N5S/c1-10-11(12(15)20)13(19(5)16-10)18(4)9-14(17(2)3)7-6-8-14/h6-9H2,1-5H3,(H2,15,20). The monoisotopic (exact) mass is 295 g/mol. The molecule has 0 spiro atoms. The molecular weight excluding hydrogens is 270 g/mol. The molecule has 0 radical (unpaired) electrons. The Bertz CT molecular complexity index is 516. The van der Waals surface area contributed by atoms with Gasteiger partial charge in [0.2, 0.25) is 0 Å². The van der Waals surface area contributed by atoms with Crippen LogP contribution in [0.2, 0.25) is 0 Å². The molecule has 2 rings (SSSR count). The van der Waals surface area contributed by atoms with Gasteiger partial charge in [0.25, 0.3) is 0 Å². The molecule has 6 heteroatoms.